The Hall–Kier alpha value is -0.830. The van der Waals surface area contributed by atoms with Crippen LogP contribution in [0.4, 0.5) is 0 Å². The van der Waals surface area contributed by atoms with Crippen LogP contribution in [0, 0.1) is 0 Å². The molecule has 2 aliphatic rings. The standard InChI is InChI=1S/C16H20BrNO/c17-9-3-6-13-7-4-10-18(13)16(19)15-11-12-5-1-2-8-14(12)15/h1-2,5,8,13,15H,3-4,6-7,9-11H2. The Balaban J connectivity index is 1.68. The van der Waals surface area contributed by atoms with Gasteiger partial charge in [-0.3, -0.25) is 4.79 Å². The molecule has 0 bridgehead atoms. The molecule has 2 nitrogen and oxygen atoms in total. The van der Waals surface area contributed by atoms with Crippen LogP contribution in [0.5, 0.6) is 0 Å². The lowest BCUT2D eigenvalue weighted by atomic mass is 9.76. The summed E-state index contributed by atoms with van der Waals surface area (Å²) in [6.45, 7) is 0.963. The number of fused-ring (bicyclic) bond motifs is 1. The zero-order chi connectivity index (χ0) is 13.2. The summed E-state index contributed by atoms with van der Waals surface area (Å²) in [5.74, 6) is 0.511. The van der Waals surface area contributed by atoms with E-state index in [1.54, 1.807) is 0 Å². The number of carbonyl (C=O) groups excluding carboxylic acids is 1. The van der Waals surface area contributed by atoms with Crippen LogP contribution in [0.1, 0.15) is 42.7 Å². The van der Waals surface area contributed by atoms with Crippen molar-refractivity contribution in [3.63, 3.8) is 0 Å². The van der Waals surface area contributed by atoms with E-state index in [0.29, 0.717) is 11.9 Å². The summed E-state index contributed by atoms with van der Waals surface area (Å²) >= 11 is 3.49. The number of likely N-dealkylation sites (tertiary alicyclic amines) is 1. The SMILES string of the molecule is O=C(C1Cc2ccccc21)N1CCCC1CCCBr. The van der Waals surface area contributed by atoms with Crippen molar-refractivity contribution in [2.45, 2.75) is 44.1 Å². The number of hydrogen-bond acceptors (Lipinski definition) is 1. The second-order valence-electron chi connectivity index (χ2n) is 5.61. The molecule has 1 aromatic carbocycles. The Bertz CT molecular complexity index is 474. The highest BCUT2D eigenvalue weighted by atomic mass is 79.9. The minimum atomic E-state index is 0.140. The van der Waals surface area contributed by atoms with Gasteiger partial charge in [-0.05, 0) is 43.2 Å². The summed E-state index contributed by atoms with van der Waals surface area (Å²) in [6, 6.07) is 8.85. The van der Waals surface area contributed by atoms with Crippen molar-refractivity contribution in [1.82, 2.24) is 4.90 Å². The number of carbonyl (C=O) groups is 1. The lowest BCUT2D eigenvalue weighted by Crippen LogP contribution is -2.42. The van der Waals surface area contributed by atoms with Crippen LogP contribution in [0.25, 0.3) is 0 Å². The van der Waals surface area contributed by atoms with E-state index >= 15 is 0 Å². The normalized spacial score (nSPS) is 25.0. The van der Waals surface area contributed by atoms with E-state index in [1.165, 1.54) is 24.0 Å². The van der Waals surface area contributed by atoms with Gasteiger partial charge in [-0.2, -0.15) is 0 Å². The van der Waals surface area contributed by atoms with Crippen molar-refractivity contribution in [1.29, 1.82) is 0 Å². The van der Waals surface area contributed by atoms with E-state index in [4.69, 9.17) is 0 Å². The Morgan fingerprint density at radius 3 is 3.00 bits per heavy atom. The van der Waals surface area contributed by atoms with Gasteiger partial charge in [-0.25, -0.2) is 0 Å². The van der Waals surface area contributed by atoms with Gasteiger partial charge in [0.25, 0.3) is 0 Å². The average molecular weight is 322 g/mol. The van der Waals surface area contributed by atoms with Gasteiger partial charge in [0.05, 0.1) is 5.92 Å². The Morgan fingerprint density at radius 1 is 1.37 bits per heavy atom. The monoisotopic (exact) mass is 321 g/mol. The number of nitrogens with zero attached hydrogens (tertiary/aromatic N) is 1. The molecular weight excluding hydrogens is 302 g/mol. The fraction of sp³-hybridized carbons (Fsp3) is 0.562. The maximum absolute atomic E-state index is 12.7. The Labute approximate surface area is 123 Å². The predicted molar refractivity (Wildman–Crippen MR) is 80.7 cm³/mol. The second-order valence-corrected chi connectivity index (χ2v) is 6.41. The molecule has 1 heterocycles. The molecule has 1 amide bonds. The molecule has 102 valence electrons. The first-order chi connectivity index (χ1) is 9.31. The first kappa shape index (κ1) is 13.2. The third kappa shape index (κ3) is 2.45. The van der Waals surface area contributed by atoms with Gasteiger partial charge in [-0.15, -0.1) is 0 Å². The van der Waals surface area contributed by atoms with Gasteiger partial charge in [0.15, 0.2) is 0 Å². The minimum Gasteiger partial charge on any atom is -0.339 e. The van der Waals surface area contributed by atoms with E-state index < -0.39 is 0 Å². The Morgan fingerprint density at radius 2 is 2.21 bits per heavy atom. The van der Waals surface area contributed by atoms with Gasteiger partial charge in [0, 0.05) is 17.9 Å². The molecule has 2 atom stereocenters. The van der Waals surface area contributed by atoms with Gasteiger partial charge < -0.3 is 4.90 Å². The summed E-state index contributed by atoms with van der Waals surface area (Å²) in [4.78, 5) is 14.8. The summed E-state index contributed by atoms with van der Waals surface area (Å²) in [5.41, 5.74) is 2.62. The highest BCUT2D eigenvalue weighted by Gasteiger charge is 2.38. The number of alkyl halides is 1. The molecular formula is C16H20BrNO. The zero-order valence-corrected chi connectivity index (χ0v) is 12.7. The number of rotatable bonds is 4. The summed E-state index contributed by atoms with van der Waals surface area (Å²) in [6.07, 6.45) is 5.61. The average Bonchev–Trinajstić information content (AvgIpc) is 2.86. The quantitative estimate of drug-likeness (QED) is 0.777. The van der Waals surface area contributed by atoms with Crippen LogP contribution in [-0.2, 0) is 11.2 Å². The Kier molecular flexibility index (Phi) is 3.92. The molecule has 0 spiro atoms. The van der Waals surface area contributed by atoms with Crippen molar-refractivity contribution in [3.8, 4) is 0 Å². The maximum atomic E-state index is 12.7. The van der Waals surface area contributed by atoms with Gasteiger partial charge in [0.2, 0.25) is 5.91 Å². The molecule has 0 aromatic heterocycles. The molecule has 0 radical (unpaired) electrons. The topological polar surface area (TPSA) is 20.3 Å². The van der Waals surface area contributed by atoms with Crippen molar-refractivity contribution in [3.05, 3.63) is 35.4 Å². The summed E-state index contributed by atoms with van der Waals surface area (Å²) in [7, 11) is 0. The number of halogens is 1. The zero-order valence-electron chi connectivity index (χ0n) is 11.1. The van der Waals surface area contributed by atoms with Crippen molar-refractivity contribution in [2.75, 3.05) is 11.9 Å². The molecule has 19 heavy (non-hydrogen) atoms. The summed E-state index contributed by atoms with van der Waals surface area (Å²) < 4.78 is 0. The molecule has 1 aromatic rings. The number of benzene rings is 1. The van der Waals surface area contributed by atoms with Gasteiger partial charge >= 0.3 is 0 Å². The minimum absolute atomic E-state index is 0.140. The third-order valence-corrected chi connectivity index (χ3v) is 5.04. The first-order valence-electron chi connectivity index (χ1n) is 7.25. The maximum Gasteiger partial charge on any atom is 0.230 e. The second kappa shape index (κ2) is 5.66. The van der Waals surface area contributed by atoms with E-state index in [9.17, 15) is 4.79 Å². The summed E-state index contributed by atoms with van der Waals surface area (Å²) in [5, 5.41) is 1.04. The number of amides is 1. The van der Waals surface area contributed by atoms with E-state index in [0.717, 1.165) is 31.1 Å². The molecule has 1 aliphatic heterocycles. The van der Waals surface area contributed by atoms with E-state index in [-0.39, 0.29) is 5.92 Å². The molecule has 1 saturated heterocycles. The lowest BCUT2D eigenvalue weighted by Gasteiger charge is -2.35. The molecule has 3 heteroatoms. The van der Waals surface area contributed by atoms with Crippen LogP contribution in [0.15, 0.2) is 24.3 Å². The molecule has 0 N–H and O–H groups in total. The van der Waals surface area contributed by atoms with Gasteiger partial charge in [-0.1, -0.05) is 40.2 Å². The smallest absolute Gasteiger partial charge is 0.230 e. The van der Waals surface area contributed by atoms with Crippen LogP contribution in [0.3, 0.4) is 0 Å². The van der Waals surface area contributed by atoms with Crippen LogP contribution >= 0.6 is 15.9 Å². The molecule has 2 unspecified atom stereocenters. The van der Waals surface area contributed by atoms with Crippen molar-refractivity contribution in [2.24, 2.45) is 0 Å². The number of hydrogen-bond donors (Lipinski definition) is 0. The van der Waals surface area contributed by atoms with Crippen LogP contribution in [0.2, 0.25) is 0 Å². The lowest BCUT2D eigenvalue weighted by molar-refractivity contribution is -0.134. The molecule has 1 aliphatic carbocycles. The van der Waals surface area contributed by atoms with E-state index in [2.05, 4.69) is 39.0 Å². The molecule has 0 saturated carbocycles. The molecule has 3 rings (SSSR count). The van der Waals surface area contributed by atoms with E-state index in [1.807, 2.05) is 6.07 Å². The predicted octanol–water partition coefficient (Wildman–Crippen LogP) is 3.49. The van der Waals surface area contributed by atoms with Crippen LogP contribution < -0.4 is 0 Å². The van der Waals surface area contributed by atoms with Crippen molar-refractivity contribution >= 4 is 21.8 Å². The third-order valence-electron chi connectivity index (χ3n) is 4.48. The van der Waals surface area contributed by atoms with Gasteiger partial charge in [0.1, 0.15) is 0 Å². The molecule has 1 fully saturated rings. The van der Waals surface area contributed by atoms with Crippen LogP contribution in [-0.4, -0.2) is 28.7 Å². The first-order valence-corrected chi connectivity index (χ1v) is 8.37. The van der Waals surface area contributed by atoms with Crippen molar-refractivity contribution < 1.29 is 4.79 Å². The largest absolute Gasteiger partial charge is 0.339 e. The highest BCUT2D eigenvalue weighted by Crippen LogP contribution is 2.38. The highest BCUT2D eigenvalue weighted by molar-refractivity contribution is 9.09. The fourth-order valence-corrected chi connectivity index (χ4v) is 3.74. The fourth-order valence-electron chi connectivity index (χ4n) is 3.42.